The number of aromatic nitrogens is 2. The van der Waals surface area contributed by atoms with Gasteiger partial charge in [-0.2, -0.15) is 0 Å². The van der Waals surface area contributed by atoms with Crippen molar-refractivity contribution < 1.29 is 18.3 Å². The van der Waals surface area contributed by atoms with E-state index in [1.807, 2.05) is 19.1 Å². The number of carboxylic acid groups (broad SMARTS) is 1. The number of carbonyl (C=O) groups is 1. The molecule has 0 aliphatic carbocycles. The number of hydrogen-bond acceptors (Lipinski definition) is 5. The maximum atomic E-state index is 13.4. The molecule has 0 aliphatic heterocycles. The number of fused-ring (bicyclic) bond motifs is 1. The molecule has 0 spiro atoms. The molecule has 0 aliphatic rings. The zero-order valence-corrected chi connectivity index (χ0v) is 18.3. The summed E-state index contributed by atoms with van der Waals surface area (Å²) in [5, 5.41) is 11.6. The van der Waals surface area contributed by atoms with Crippen molar-refractivity contribution in [2.24, 2.45) is 0 Å². The highest BCUT2D eigenvalue weighted by atomic mass is 32.2. The molecule has 3 rings (SSSR count). The van der Waals surface area contributed by atoms with E-state index >= 15 is 0 Å². The first-order chi connectivity index (χ1) is 14.6. The zero-order valence-electron chi connectivity index (χ0n) is 17.5. The average molecular weight is 445 g/mol. The summed E-state index contributed by atoms with van der Waals surface area (Å²) in [5.74, 6) is 0.408. The number of benzene rings is 2. The second-order valence-corrected chi connectivity index (χ2v) is 9.40. The molecule has 1 aromatic heterocycles. The fourth-order valence-corrected chi connectivity index (χ4v) is 3.71. The van der Waals surface area contributed by atoms with Gasteiger partial charge in [0.15, 0.2) is 0 Å². The molecular formula is C21H24N4O5S. The highest BCUT2D eigenvalue weighted by molar-refractivity contribution is 7.88. The molecule has 31 heavy (non-hydrogen) atoms. The standard InChI is InChI=1S/C21H24N4O5S/c1-14-6-4-9-17-19(14)20(26)25(18(23-17)10-11-22-21(27)28)16-8-5-7-15(12-16)13-24(2)31(3,29)30/h4-9,12,22H,10-11,13H2,1-3H3,(H,27,28). The summed E-state index contributed by atoms with van der Waals surface area (Å²) in [6.45, 7) is 2.08. The Morgan fingerprint density at radius 2 is 1.94 bits per heavy atom. The molecule has 2 aromatic carbocycles. The third-order valence-electron chi connectivity index (χ3n) is 4.94. The normalized spacial score (nSPS) is 11.7. The van der Waals surface area contributed by atoms with Crippen LogP contribution in [0.2, 0.25) is 0 Å². The summed E-state index contributed by atoms with van der Waals surface area (Å²) in [6.07, 6.45) is 0.181. The number of nitrogens with one attached hydrogen (secondary N) is 1. The topological polar surface area (TPSA) is 122 Å². The molecule has 0 radical (unpaired) electrons. The number of rotatable bonds is 7. The van der Waals surface area contributed by atoms with Crippen molar-refractivity contribution in [2.45, 2.75) is 19.9 Å². The van der Waals surface area contributed by atoms with Crippen molar-refractivity contribution in [3.8, 4) is 5.69 Å². The molecule has 0 saturated heterocycles. The van der Waals surface area contributed by atoms with Gasteiger partial charge in [0.2, 0.25) is 10.0 Å². The van der Waals surface area contributed by atoms with Gasteiger partial charge in [0.25, 0.3) is 5.56 Å². The first-order valence-electron chi connectivity index (χ1n) is 9.56. The molecular weight excluding hydrogens is 420 g/mol. The third kappa shape index (κ3) is 5.09. The molecule has 0 atom stereocenters. The van der Waals surface area contributed by atoms with Gasteiger partial charge < -0.3 is 10.4 Å². The molecule has 9 nitrogen and oxygen atoms in total. The van der Waals surface area contributed by atoms with Crippen LogP contribution >= 0.6 is 0 Å². The van der Waals surface area contributed by atoms with E-state index in [0.29, 0.717) is 28.0 Å². The molecule has 0 bridgehead atoms. The summed E-state index contributed by atoms with van der Waals surface area (Å²) in [6, 6.07) is 12.4. The van der Waals surface area contributed by atoms with E-state index < -0.39 is 16.1 Å². The van der Waals surface area contributed by atoms with Gasteiger partial charge in [-0.05, 0) is 36.2 Å². The lowest BCUT2D eigenvalue weighted by Gasteiger charge is -2.17. The minimum atomic E-state index is -3.36. The SMILES string of the molecule is Cc1cccc2nc(CCNC(=O)O)n(-c3cccc(CN(C)S(C)(=O)=O)c3)c(=O)c12. The van der Waals surface area contributed by atoms with Crippen molar-refractivity contribution in [3.05, 3.63) is 69.8 Å². The lowest BCUT2D eigenvalue weighted by Crippen LogP contribution is -2.29. The number of aryl methyl sites for hydroxylation is 1. The predicted molar refractivity (Wildman–Crippen MR) is 118 cm³/mol. The second-order valence-electron chi connectivity index (χ2n) is 7.31. The predicted octanol–water partition coefficient (Wildman–Crippen LogP) is 1.90. The monoisotopic (exact) mass is 444 g/mol. The summed E-state index contributed by atoms with van der Waals surface area (Å²) in [7, 11) is -1.88. The van der Waals surface area contributed by atoms with Crippen LogP contribution in [-0.4, -0.2) is 53.3 Å². The Kier molecular flexibility index (Phi) is 6.42. The Balaban J connectivity index is 2.14. The van der Waals surface area contributed by atoms with Gasteiger partial charge in [-0.3, -0.25) is 9.36 Å². The number of hydrogen-bond donors (Lipinski definition) is 2. The summed E-state index contributed by atoms with van der Waals surface area (Å²) in [4.78, 5) is 28.9. The highest BCUT2D eigenvalue weighted by Crippen LogP contribution is 2.18. The first kappa shape index (κ1) is 22.4. The van der Waals surface area contributed by atoms with E-state index in [2.05, 4.69) is 10.3 Å². The molecule has 0 unspecified atom stereocenters. The molecule has 1 amide bonds. The average Bonchev–Trinajstić information content (AvgIpc) is 2.67. The first-order valence-corrected chi connectivity index (χ1v) is 11.4. The summed E-state index contributed by atoms with van der Waals surface area (Å²) in [5.41, 5.74) is 2.30. The van der Waals surface area contributed by atoms with Crippen molar-refractivity contribution in [3.63, 3.8) is 0 Å². The Morgan fingerprint density at radius 3 is 2.61 bits per heavy atom. The Hall–Kier alpha value is -3.24. The van der Waals surface area contributed by atoms with Crippen molar-refractivity contribution in [1.82, 2.24) is 19.2 Å². The van der Waals surface area contributed by atoms with Crippen LogP contribution in [-0.2, 0) is 23.0 Å². The number of sulfonamides is 1. The van der Waals surface area contributed by atoms with E-state index in [1.165, 1.54) is 15.9 Å². The maximum Gasteiger partial charge on any atom is 0.404 e. The molecule has 164 valence electrons. The van der Waals surface area contributed by atoms with Gasteiger partial charge in [0, 0.05) is 26.6 Å². The van der Waals surface area contributed by atoms with E-state index in [1.54, 1.807) is 30.3 Å². The smallest absolute Gasteiger partial charge is 0.404 e. The summed E-state index contributed by atoms with van der Waals surface area (Å²) < 4.78 is 26.2. The second kappa shape index (κ2) is 8.86. The van der Waals surface area contributed by atoms with Crippen LogP contribution in [0.4, 0.5) is 4.79 Å². The fourth-order valence-electron chi connectivity index (χ4n) is 3.33. The molecule has 0 fully saturated rings. The Morgan fingerprint density at radius 1 is 1.23 bits per heavy atom. The van der Waals surface area contributed by atoms with Crippen molar-refractivity contribution in [2.75, 3.05) is 19.8 Å². The van der Waals surface area contributed by atoms with E-state index in [9.17, 15) is 18.0 Å². The maximum absolute atomic E-state index is 13.4. The van der Waals surface area contributed by atoms with Crippen LogP contribution in [0, 0.1) is 6.92 Å². The van der Waals surface area contributed by atoms with Crippen molar-refractivity contribution in [1.29, 1.82) is 0 Å². The van der Waals surface area contributed by atoms with Gasteiger partial charge in [0.1, 0.15) is 5.82 Å². The molecule has 10 heteroatoms. The van der Waals surface area contributed by atoms with Gasteiger partial charge in [-0.15, -0.1) is 0 Å². The van der Waals surface area contributed by atoms with E-state index in [4.69, 9.17) is 5.11 Å². The summed E-state index contributed by atoms with van der Waals surface area (Å²) >= 11 is 0. The van der Waals surface area contributed by atoms with E-state index in [-0.39, 0.29) is 25.1 Å². The fraction of sp³-hybridized carbons (Fsp3) is 0.286. The molecule has 2 N–H and O–H groups in total. The minimum absolute atomic E-state index is 0.0929. The zero-order chi connectivity index (χ0) is 22.8. The van der Waals surface area contributed by atoms with Gasteiger partial charge in [-0.25, -0.2) is 22.5 Å². The highest BCUT2D eigenvalue weighted by Gasteiger charge is 2.16. The Bertz CT molecular complexity index is 1300. The van der Waals surface area contributed by atoms with E-state index in [0.717, 1.165) is 11.8 Å². The van der Waals surface area contributed by atoms with Crippen molar-refractivity contribution >= 4 is 27.0 Å². The lowest BCUT2D eigenvalue weighted by atomic mass is 10.1. The number of nitrogens with zero attached hydrogens (tertiary/aromatic N) is 3. The van der Waals surface area contributed by atoms with Gasteiger partial charge >= 0.3 is 6.09 Å². The van der Waals surface area contributed by atoms with Gasteiger partial charge in [-0.1, -0.05) is 24.3 Å². The van der Waals surface area contributed by atoms with Crippen LogP contribution in [0.5, 0.6) is 0 Å². The van der Waals surface area contributed by atoms with Crippen LogP contribution in [0.1, 0.15) is 17.0 Å². The van der Waals surface area contributed by atoms with Crippen LogP contribution in [0.15, 0.2) is 47.3 Å². The van der Waals surface area contributed by atoms with Crippen LogP contribution in [0.25, 0.3) is 16.6 Å². The van der Waals surface area contributed by atoms with Gasteiger partial charge in [0.05, 0.1) is 22.8 Å². The van der Waals surface area contributed by atoms with Crippen LogP contribution < -0.4 is 10.9 Å². The quantitative estimate of drug-likeness (QED) is 0.574. The minimum Gasteiger partial charge on any atom is -0.465 e. The largest absolute Gasteiger partial charge is 0.465 e. The molecule has 3 aromatic rings. The molecule has 0 saturated carbocycles. The number of amides is 1. The lowest BCUT2D eigenvalue weighted by molar-refractivity contribution is 0.194. The van der Waals surface area contributed by atoms with Crippen LogP contribution in [0.3, 0.4) is 0 Å². The molecule has 1 heterocycles. The Labute approximate surface area is 180 Å². The third-order valence-corrected chi connectivity index (χ3v) is 6.20.